The highest BCUT2D eigenvalue weighted by Crippen LogP contribution is 2.37. The second-order valence-corrected chi connectivity index (χ2v) is 14.7. The van der Waals surface area contributed by atoms with Crippen LogP contribution in [-0.4, -0.2) is 48.6 Å². The van der Waals surface area contributed by atoms with Gasteiger partial charge in [0.2, 0.25) is 0 Å². The fraction of sp³-hybridized carbons (Fsp3) is 0.591. The number of carbonyl (C=O) groups is 1. The van der Waals surface area contributed by atoms with Gasteiger partial charge in [0.05, 0.1) is 30.4 Å². The lowest BCUT2D eigenvalue weighted by Gasteiger charge is -2.25. The molecule has 0 aliphatic heterocycles. The Labute approximate surface area is 179 Å². The molecule has 8 heteroatoms. The minimum absolute atomic E-state index is 0.234. The number of hydrogen-bond donors (Lipinski definition) is 1. The van der Waals surface area contributed by atoms with Gasteiger partial charge in [-0.25, -0.2) is 14.3 Å². The van der Waals surface area contributed by atoms with E-state index in [-0.39, 0.29) is 5.97 Å². The van der Waals surface area contributed by atoms with E-state index in [1.54, 1.807) is 16.8 Å². The molecule has 0 amide bonds. The van der Waals surface area contributed by atoms with Crippen molar-refractivity contribution in [1.82, 2.24) is 14.6 Å². The molecule has 1 aliphatic rings. The Morgan fingerprint density at radius 1 is 1.33 bits per heavy atom. The largest absolute Gasteiger partial charge is 0.463 e. The molecule has 0 spiro atoms. The zero-order valence-corrected chi connectivity index (χ0v) is 19.6. The average Bonchev–Trinajstić information content (AvgIpc) is 3.14. The Morgan fingerprint density at radius 3 is 2.80 bits per heavy atom. The van der Waals surface area contributed by atoms with Crippen LogP contribution >= 0.6 is 0 Å². The van der Waals surface area contributed by atoms with Gasteiger partial charge in [-0.3, -0.25) is 0 Å². The molecule has 0 unspecified atom stereocenters. The average molecular weight is 431 g/mol. The molecule has 0 bridgehead atoms. The van der Waals surface area contributed by atoms with Crippen LogP contribution in [0.4, 0.5) is 5.69 Å². The van der Waals surface area contributed by atoms with Gasteiger partial charge in [0.25, 0.3) is 0 Å². The van der Waals surface area contributed by atoms with E-state index in [2.05, 4.69) is 30.1 Å². The van der Waals surface area contributed by atoms with Gasteiger partial charge in [-0.2, -0.15) is 5.10 Å². The summed E-state index contributed by atoms with van der Waals surface area (Å²) in [7, 11) is -1.09. The monoisotopic (exact) mass is 430 g/mol. The number of fused-ring (bicyclic) bond motifs is 1. The van der Waals surface area contributed by atoms with Crippen molar-refractivity contribution >= 4 is 25.4 Å². The van der Waals surface area contributed by atoms with Crippen molar-refractivity contribution in [2.75, 3.05) is 25.3 Å². The first kappa shape index (κ1) is 22.5. The maximum absolute atomic E-state index is 11.7. The Morgan fingerprint density at radius 2 is 2.10 bits per heavy atom. The molecule has 3 rings (SSSR count). The van der Waals surface area contributed by atoms with Crippen LogP contribution in [0.5, 0.6) is 0 Å². The Kier molecular flexibility index (Phi) is 7.66. The van der Waals surface area contributed by atoms with Gasteiger partial charge in [-0.1, -0.05) is 25.2 Å². The molecule has 0 aromatic carbocycles. The molecule has 0 radical (unpaired) electrons. The van der Waals surface area contributed by atoms with E-state index in [0.717, 1.165) is 55.4 Å². The predicted molar refractivity (Wildman–Crippen MR) is 122 cm³/mol. The smallest absolute Gasteiger partial charge is 0.330 e. The van der Waals surface area contributed by atoms with Crippen molar-refractivity contribution in [2.24, 2.45) is 0 Å². The van der Waals surface area contributed by atoms with E-state index in [1.165, 1.54) is 5.57 Å². The fourth-order valence-corrected chi connectivity index (χ4v) is 4.41. The maximum Gasteiger partial charge on any atom is 0.330 e. The van der Waals surface area contributed by atoms with E-state index in [4.69, 9.17) is 14.5 Å². The van der Waals surface area contributed by atoms with Crippen LogP contribution < -0.4 is 5.32 Å². The molecular formula is C22H34N4O3Si. The van der Waals surface area contributed by atoms with Crippen molar-refractivity contribution in [3.8, 4) is 0 Å². The van der Waals surface area contributed by atoms with Gasteiger partial charge in [-0.15, -0.1) is 0 Å². The number of anilines is 1. The molecule has 0 saturated heterocycles. The number of nitrogens with one attached hydrogen (secondary N) is 1. The van der Waals surface area contributed by atoms with Crippen molar-refractivity contribution in [1.29, 1.82) is 0 Å². The Bertz CT molecular complexity index is 878. The molecule has 7 nitrogen and oxygen atoms in total. The highest BCUT2D eigenvalue weighted by molar-refractivity contribution is 6.76. The van der Waals surface area contributed by atoms with Crippen LogP contribution in [0.2, 0.25) is 25.7 Å². The standard InChI is InChI=1S/C22H34N4O3Si/c1-5-29-21(27)14-17-6-8-18(9-7-17)22-19(15-26-20(25-22)10-11-24-26)23-16-28-12-13-30(2,3)4/h10-11,14-15,18,23H,5-9,12-13,16H2,1-4H3. The molecule has 1 aliphatic carbocycles. The number of rotatable bonds is 9. The highest BCUT2D eigenvalue weighted by Gasteiger charge is 2.23. The van der Waals surface area contributed by atoms with Crippen LogP contribution in [0.25, 0.3) is 5.65 Å². The third-order valence-corrected chi connectivity index (χ3v) is 7.10. The van der Waals surface area contributed by atoms with Crippen molar-refractivity contribution in [2.45, 2.75) is 64.2 Å². The summed E-state index contributed by atoms with van der Waals surface area (Å²) in [6, 6.07) is 3.07. The minimum Gasteiger partial charge on any atom is -0.463 e. The lowest BCUT2D eigenvalue weighted by Crippen LogP contribution is -2.22. The van der Waals surface area contributed by atoms with E-state index in [0.29, 0.717) is 19.3 Å². The quantitative estimate of drug-likeness (QED) is 0.206. The van der Waals surface area contributed by atoms with Crippen LogP contribution in [0.3, 0.4) is 0 Å². The predicted octanol–water partition coefficient (Wildman–Crippen LogP) is 4.60. The second-order valence-electron chi connectivity index (χ2n) is 9.04. The molecule has 164 valence electrons. The molecule has 2 aromatic heterocycles. The molecule has 1 saturated carbocycles. The SMILES string of the molecule is CCOC(=O)C=C1CCC(c2nc3ccnn3cc2NCOCC[Si](C)(C)C)CC1. The van der Waals surface area contributed by atoms with Crippen LogP contribution in [0, 0.1) is 0 Å². The minimum atomic E-state index is -1.09. The van der Waals surface area contributed by atoms with Crippen LogP contribution in [0.1, 0.15) is 44.2 Å². The van der Waals surface area contributed by atoms with Crippen molar-refractivity contribution in [3.63, 3.8) is 0 Å². The van der Waals surface area contributed by atoms with Gasteiger partial charge < -0.3 is 14.8 Å². The first-order valence-electron chi connectivity index (χ1n) is 10.9. The molecule has 2 heterocycles. The number of ether oxygens (including phenoxy) is 2. The fourth-order valence-electron chi connectivity index (χ4n) is 3.65. The molecular weight excluding hydrogens is 396 g/mol. The number of nitrogens with zero attached hydrogens (tertiary/aromatic N) is 3. The van der Waals surface area contributed by atoms with Crippen LogP contribution in [0.15, 0.2) is 30.1 Å². The number of esters is 1. The molecule has 1 fully saturated rings. The topological polar surface area (TPSA) is 77.8 Å². The summed E-state index contributed by atoms with van der Waals surface area (Å²) in [6.07, 6.45) is 9.15. The molecule has 1 N–H and O–H groups in total. The first-order valence-corrected chi connectivity index (χ1v) is 14.6. The van der Waals surface area contributed by atoms with E-state index < -0.39 is 8.07 Å². The number of hydrogen-bond acceptors (Lipinski definition) is 6. The summed E-state index contributed by atoms with van der Waals surface area (Å²) in [5, 5.41) is 7.74. The van der Waals surface area contributed by atoms with Gasteiger partial charge in [0.1, 0.15) is 6.73 Å². The third-order valence-electron chi connectivity index (χ3n) is 5.40. The Balaban J connectivity index is 1.66. The van der Waals surface area contributed by atoms with Gasteiger partial charge in [-0.05, 0) is 38.7 Å². The summed E-state index contributed by atoms with van der Waals surface area (Å²) >= 11 is 0. The normalized spacial score (nSPS) is 17.2. The summed E-state index contributed by atoms with van der Waals surface area (Å²) in [5.74, 6) is 0.108. The van der Waals surface area contributed by atoms with Gasteiger partial charge in [0.15, 0.2) is 5.65 Å². The Hall–Kier alpha value is -2.19. The number of aromatic nitrogens is 3. The maximum atomic E-state index is 11.7. The van der Waals surface area contributed by atoms with E-state index >= 15 is 0 Å². The summed E-state index contributed by atoms with van der Waals surface area (Å²) in [6.45, 7) is 10.5. The van der Waals surface area contributed by atoms with Gasteiger partial charge >= 0.3 is 5.97 Å². The van der Waals surface area contributed by atoms with Gasteiger partial charge in [0, 0.05) is 32.7 Å². The highest BCUT2D eigenvalue weighted by atomic mass is 28.3. The number of allylic oxidation sites excluding steroid dienone is 1. The van der Waals surface area contributed by atoms with Crippen molar-refractivity contribution in [3.05, 3.63) is 35.8 Å². The summed E-state index contributed by atoms with van der Waals surface area (Å²) in [5.41, 5.74) is 4.05. The molecule has 30 heavy (non-hydrogen) atoms. The van der Waals surface area contributed by atoms with Crippen molar-refractivity contribution < 1.29 is 14.3 Å². The molecule has 2 aromatic rings. The van der Waals surface area contributed by atoms with E-state index in [9.17, 15) is 4.79 Å². The van der Waals surface area contributed by atoms with E-state index in [1.807, 2.05) is 19.2 Å². The number of carbonyl (C=O) groups excluding carboxylic acids is 1. The lowest BCUT2D eigenvalue weighted by atomic mass is 9.83. The second kappa shape index (κ2) is 10.2. The zero-order valence-electron chi connectivity index (χ0n) is 18.6. The summed E-state index contributed by atoms with van der Waals surface area (Å²) < 4.78 is 12.7. The summed E-state index contributed by atoms with van der Waals surface area (Å²) in [4.78, 5) is 16.6. The third kappa shape index (κ3) is 6.40. The first-order chi connectivity index (χ1) is 14.4. The lowest BCUT2D eigenvalue weighted by molar-refractivity contribution is -0.137. The van der Waals surface area contributed by atoms with Crippen LogP contribution in [-0.2, 0) is 14.3 Å². The zero-order chi connectivity index (χ0) is 21.6. The molecule has 0 atom stereocenters.